The van der Waals surface area contributed by atoms with Crippen molar-refractivity contribution in [3.05, 3.63) is 53.1 Å². The molecule has 3 atom stereocenters. The third kappa shape index (κ3) is 3.27. The van der Waals surface area contributed by atoms with E-state index in [1.807, 2.05) is 6.07 Å². The highest BCUT2D eigenvalue weighted by molar-refractivity contribution is 6.31. The fraction of sp³-hybridized carbons (Fsp3) is 0.273. The maximum atomic E-state index is 14.3. The summed E-state index contributed by atoms with van der Waals surface area (Å²) in [6.07, 6.45) is 1.43. The van der Waals surface area contributed by atoms with Gasteiger partial charge in [0.25, 0.3) is 0 Å². The molecule has 29 heavy (non-hydrogen) atoms. The third-order valence-electron chi connectivity index (χ3n) is 5.76. The molecule has 1 saturated carbocycles. The summed E-state index contributed by atoms with van der Waals surface area (Å²) in [5.41, 5.74) is 8.50. The number of aromatic nitrogens is 2. The first-order chi connectivity index (χ1) is 14.0. The normalized spacial score (nSPS) is 22.8. The number of piperidine rings is 1. The molecule has 0 amide bonds. The van der Waals surface area contributed by atoms with Crippen molar-refractivity contribution in [2.45, 2.75) is 0 Å². The maximum Gasteiger partial charge on any atom is 0.165 e. The fourth-order valence-corrected chi connectivity index (χ4v) is 4.34. The molecule has 5 rings (SSSR count). The molecule has 1 saturated heterocycles. The van der Waals surface area contributed by atoms with Crippen LogP contribution in [-0.4, -0.2) is 35.0 Å². The van der Waals surface area contributed by atoms with Gasteiger partial charge in [-0.1, -0.05) is 29.5 Å². The number of fused-ring (bicyclic) bond motifs is 2. The van der Waals surface area contributed by atoms with Gasteiger partial charge in [0.1, 0.15) is 12.1 Å². The smallest absolute Gasteiger partial charge is 0.165 e. The molecule has 2 heterocycles. The van der Waals surface area contributed by atoms with Crippen LogP contribution in [0, 0.1) is 35.4 Å². The Morgan fingerprint density at radius 1 is 1.24 bits per heavy atom. The van der Waals surface area contributed by atoms with E-state index in [-0.39, 0.29) is 10.7 Å². The maximum absolute atomic E-state index is 14.3. The first kappa shape index (κ1) is 18.2. The molecule has 0 radical (unpaired) electrons. The molecule has 1 aromatic heterocycles. The average molecular weight is 408 g/mol. The van der Waals surface area contributed by atoms with Crippen LogP contribution in [0.3, 0.4) is 0 Å². The Kier molecular flexibility index (Phi) is 4.30. The van der Waals surface area contributed by atoms with Crippen LogP contribution < -0.4 is 11.1 Å². The second-order valence-electron chi connectivity index (χ2n) is 7.75. The van der Waals surface area contributed by atoms with E-state index in [0.29, 0.717) is 40.2 Å². The molecule has 1 unspecified atom stereocenters. The number of benzene rings is 2. The van der Waals surface area contributed by atoms with Crippen LogP contribution in [0.25, 0.3) is 10.9 Å². The molecule has 2 fully saturated rings. The summed E-state index contributed by atoms with van der Waals surface area (Å²) in [4.78, 5) is 10.9. The van der Waals surface area contributed by atoms with Crippen LogP contribution in [0.15, 0.2) is 36.7 Å². The average Bonchev–Trinajstić information content (AvgIpc) is 3.16. The van der Waals surface area contributed by atoms with Crippen molar-refractivity contribution in [1.82, 2.24) is 14.9 Å². The van der Waals surface area contributed by atoms with Gasteiger partial charge >= 0.3 is 0 Å². The number of nitrogens with zero attached hydrogens (tertiary/aromatic N) is 3. The zero-order valence-electron chi connectivity index (χ0n) is 15.8. The molecule has 1 aliphatic heterocycles. The van der Waals surface area contributed by atoms with Gasteiger partial charge in [0.05, 0.1) is 16.2 Å². The highest BCUT2D eigenvalue weighted by atomic mass is 35.5. The summed E-state index contributed by atoms with van der Waals surface area (Å²) >= 11 is 5.87. The quantitative estimate of drug-likeness (QED) is 0.498. The Labute approximate surface area is 173 Å². The summed E-state index contributed by atoms with van der Waals surface area (Å²) in [6, 6.07) is 8.41. The van der Waals surface area contributed by atoms with E-state index < -0.39 is 5.82 Å². The zero-order chi connectivity index (χ0) is 20.1. The SMILES string of the molecule is CN1C[C@@H]2C(C#Cc3cc4ncnc(Nc5cccc(Cl)c5F)c4cc3N)[C@@H]2C1. The van der Waals surface area contributed by atoms with Crippen LogP contribution in [0.1, 0.15) is 5.56 Å². The number of nitrogens with two attached hydrogens (primary N) is 1. The zero-order valence-corrected chi connectivity index (χ0v) is 16.5. The predicted molar refractivity (Wildman–Crippen MR) is 113 cm³/mol. The van der Waals surface area contributed by atoms with E-state index in [4.69, 9.17) is 17.3 Å². The minimum Gasteiger partial charge on any atom is -0.398 e. The van der Waals surface area contributed by atoms with Crippen molar-refractivity contribution >= 4 is 39.7 Å². The second-order valence-corrected chi connectivity index (χ2v) is 8.16. The van der Waals surface area contributed by atoms with Gasteiger partial charge in [-0.05, 0) is 43.1 Å². The molecule has 1 aliphatic carbocycles. The van der Waals surface area contributed by atoms with E-state index in [9.17, 15) is 4.39 Å². The molecule has 3 aromatic rings. The lowest BCUT2D eigenvalue weighted by molar-refractivity contribution is 0.360. The molecule has 5 nitrogen and oxygen atoms in total. The molecule has 3 N–H and O–H groups in total. The highest BCUT2D eigenvalue weighted by Gasteiger charge is 2.53. The standard InChI is InChI=1S/C22H19ClFN5/c1-29-9-15-13(16(15)10-29)6-5-12-7-20-14(8-18(12)25)22(27-11-26-20)28-19-4-2-3-17(23)21(19)24/h2-4,7-8,11,13,15-16H,9-10,25H2,1H3,(H,26,27,28)/t13?,15-,16+. The summed E-state index contributed by atoms with van der Waals surface area (Å²) in [5, 5.41) is 3.72. The monoisotopic (exact) mass is 407 g/mol. The fourth-order valence-electron chi connectivity index (χ4n) is 4.17. The highest BCUT2D eigenvalue weighted by Crippen LogP contribution is 2.50. The Balaban J connectivity index is 1.45. The van der Waals surface area contributed by atoms with Crippen molar-refractivity contribution in [2.24, 2.45) is 17.8 Å². The van der Waals surface area contributed by atoms with Gasteiger partial charge in [0.15, 0.2) is 5.82 Å². The predicted octanol–water partition coefficient (Wildman–Crippen LogP) is 3.91. The van der Waals surface area contributed by atoms with E-state index in [1.165, 1.54) is 12.4 Å². The number of rotatable bonds is 2. The number of halogens is 2. The van der Waals surface area contributed by atoms with Crippen molar-refractivity contribution in [1.29, 1.82) is 0 Å². The van der Waals surface area contributed by atoms with Gasteiger partial charge in [-0.25, -0.2) is 14.4 Å². The third-order valence-corrected chi connectivity index (χ3v) is 6.05. The Bertz CT molecular complexity index is 1170. The summed E-state index contributed by atoms with van der Waals surface area (Å²) in [7, 11) is 2.15. The summed E-state index contributed by atoms with van der Waals surface area (Å²) < 4.78 is 14.3. The summed E-state index contributed by atoms with van der Waals surface area (Å²) in [6.45, 7) is 2.25. The minimum atomic E-state index is -0.531. The number of anilines is 3. The van der Waals surface area contributed by atoms with Crippen molar-refractivity contribution in [2.75, 3.05) is 31.2 Å². The van der Waals surface area contributed by atoms with Gasteiger partial charge in [-0.15, -0.1) is 0 Å². The number of nitrogens with one attached hydrogen (secondary N) is 1. The lowest BCUT2D eigenvalue weighted by Gasteiger charge is -2.11. The van der Waals surface area contributed by atoms with Crippen LogP contribution in [0.2, 0.25) is 5.02 Å². The van der Waals surface area contributed by atoms with Gasteiger partial charge < -0.3 is 16.0 Å². The number of nitrogen functional groups attached to an aromatic ring is 1. The van der Waals surface area contributed by atoms with E-state index in [1.54, 1.807) is 18.2 Å². The van der Waals surface area contributed by atoms with Crippen LogP contribution in [0.4, 0.5) is 21.6 Å². The van der Waals surface area contributed by atoms with Crippen molar-refractivity contribution in [3.8, 4) is 11.8 Å². The van der Waals surface area contributed by atoms with Gasteiger partial charge in [-0.2, -0.15) is 0 Å². The lowest BCUT2D eigenvalue weighted by Crippen LogP contribution is -2.18. The van der Waals surface area contributed by atoms with Crippen molar-refractivity contribution < 1.29 is 4.39 Å². The van der Waals surface area contributed by atoms with Gasteiger partial charge in [-0.3, -0.25) is 0 Å². The molecular formula is C22H19ClFN5. The topological polar surface area (TPSA) is 67.1 Å². The molecule has 146 valence electrons. The van der Waals surface area contributed by atoms with Crippen LogP contribution in [-0.2, 0) is 0 Å². The molecule has 0 spiro atoms. The van der Waals surface area contributed by atoms with Crippen molar-refractivity contribution in [3.63, 3.8) is 0 Å². The lowest BCUT2D eigenvalue weighted by atomic mass is 10.1. The Morgan fingerprint density at radius 3 is 2.83 bits per heavy atom. The van der Waals surface area contributed by atoms with Crippen LogP contribution >= 0.6 is 11.6 Å². The Morgan fingerprint density at radius 2 is 2.03 bits per heavy atom. The largest absolute Gasteiger partial charge is 0.398 e. The van der Waals surface area contributed by atoms with E-state index in [0.717, 1.165) is 18.7 Å². The first-order valence-electron chi connectivity index (χ1n) is 9.46. The second kappa shape index (κ2) is 6.87. The van der Waals surface area contributed by atoms with E-state index >= 15 is 0 Å². The Hall–Kier alpha value is -2.88. The van der Waals surface area contributed by atoms with Gasteiger partial charge in [0.2, 0.25) is 0 Å². The number of likely N-dealkylation sites (tertiary alicyclic amines) is 1. The molecule has 2 aliphatic rings. The number of hydrogen-bond acceptors (Lipinski definition) is 5. The first-order valence-corrected chi connectivity index (χ1v) is 9.84. The summed E-state index contributed by atoms with van der Waals surface area (Å²) in [5.74, 6) is 8.42. The molecular weight excluding hydrogens is 389 g/mol. The number of hydrogen-bond donors (Lipinski definition) is 2. The van der Waals surface area contributed by atoms with Gasteiger partial charge in [0, 0.05) is 35.6 Å². The molecule has 2 aromatic carbocycles. The molecule has 0 bridgehead atoms. The van der Waals surface area contributed by atoms with Crippen LogP contribution in [0.5, 0.6) is 0 Å². The molecule has 7 heteroatoms. The van der Waals surface area contributed by atoms with E-state index in [2.05, 4.69) is 39.1 Å². The minimum absolute atomic E-state index is 0.0430.